The van der Waals surface area contributed by atoms with Crippen molar-refractivity contribution in [1.29, 1.82) is 0 Å². The highest BCUT2D eigenvalue weighted by Gasteiger charge is 2.24. The van der Waals surface area contributed by atoms with Gasteiger partial charge in [-0.3, -0.25) is 4.79 Å². The molecule has 0 aliphatic carbocycles. The van der Waals surface area contributed by atoms with E-state index in [1.54, 1.807) is 0 Å². The molecule has 2 N–H and O–H groups in total. The Morgan fingerprint density at radius 1 is 1.16 bits per heavy atom. The van der Waals surface area contributed by atoms with Gasteiger partial charge in [-0.15, -0.1) is 0 Å². The molecule has 4 nitrogen and oxygen atoms in total. The van der Waals surface area contributed by atoms with Crippen LogP contribution in [0.1, 0.15) is 27.4 Å². The number of carbonyl (C=O) groups is 1. The van der Waals surface area contributed by atoms with Gasteiger partial charge >= 0.3 is 0 Å². The Bertz CT molecular complexity index is 604. The maximum Gasteiger partial charge on any atom is 0.254 e. The van der Waals surface area contributed by atoms with Crippen molar-refractivity contribution in [1.82, 2.24) is 4.90 Å². The Labute approximate surface area is 111 Å². The van der Waals surface area contributed by atoms with Crippen LogP contribution >= 0.6 is 0 Å². The van der Waals surface area contributed by atoms with E-state index in [0.29, 0.717) is 13.1 Å². The van der Waals surface area contributed by atoms with Gasteiger partial charge in [0.05, 0.1) is 13.1 Å². The van der Waals surface area contributed by atoms with Crippen molar-refractivity contribution in [2.75, 3.05) is 6.54 Å². The average Bonchev–Trinajstić information content (AvgIpc) is 2.90. The quantitative estimate of drug-likeness (QED) is 0.913. The second-order valence-electron chi connectivity index (χ2n) is 4.71. The van der Waals surface area contributed by atoms with E-state index >= 15 is 0 Å². The Kier molecular flexibility index (Phi) is 3.09. The molecule has 1 amide bonds. The summed E-state index contributed by atoms with van der Waals surface area (Å²) in [6.45, 7) is 1.62. The highest BCUT2D eigenvalue weighted by Crippen LogP contribution is 2.21. The summed E-state index contributed by atoms with van der Waals surface area (Å²) in [7, 11) is 0. The lowest BCUT2D eigenvalue weighted by atomic mass is 9.99. The van der Waals surface area contributed by atoms with Gasteiger partial charge in [0.25, 0.3) is 5.91 Å². The molecular weight excluding hydrogens is 240 g/mol. The fourth-order valence-corrected chi connectivity index (χ4v) is 2.43. The third-order valence-corrected chi connectivity index (χ3v) is 3.45. The van der Waals surface area contributed by atoms with Gasteiger partial charge in [0.1, 0.15) is 11.5 Å². The summed E-state index contributed by atoms with van der Waals surface area (Å²) in [6, 6.07) is 11.5. The molecule has 0 saturated heterocycles. The van der Waals surface area contributed by atoms with Crippen LogP contribution in [0, 0.1) is 0 Å². The molecule has 19 heavy (non-hydrogen) atoms. The molecule has 0 radical (unpaired) electrons. The molecule has 0 atom stereocenters. The van der Waals surface area contributed by atoms with Gasteiger partial charge in [0.2, 0.25) is 0 Å². The topological polar surface area (TPSA) is 59.5 Å². The van der Waals surface area contributed by atoms with E-state index in [4.69, 9.17) is 10.2 Å². The molecule has 1 aliphatic heterocycles. The van der Waals surface area contributed by atoms with Gasteiger partial charge in [0.15, 0.2) is 0 Å². The van der Waals surface area contributed by atoms with E-state index in [1.807, 2.05) is 41.3 Å². The van der Waals surface area contributed by atoms with Crippen LogP contribution in [-0.2, 0) is 19.5 Å². The van der Waals surface area contributed by atoms with E-state index in [2.05, 4.69) is 0 Å². The van der Waals surface area contributed by atoms with E-state index < -0.39 is 0 Å². The van der Waals surface area contributed by atoms with Gasteiger partial charge < -0.3 is 15.1 Å². The van der Waals surface area contributed by atoms with Crippen LogP contribution in [0.4, 0.5) is 0 Å². The van der Waals surface area contributed by atoms with Crippen molar-refractivity contribution in [2.45, 2.75) is 19.5 Å². The van der Waals surface area contributed by atoms with E-state index in [9.17, 15) is 4.79 Å². The van der Waals surface area contributed by atoms with Crippen molar-refractivity contribution in [3.05, 3.63) is 59.0 Å². The zero-order valence-electron chi connectivity index (χ0n) is 10.6. The number of amides is 1. The highest BCUT2D eigenvalue weighted by atomic mass is 16.3. The predicted molar refractivity (Wildman–Crippen MR) is 71.5 cm³/mol. The Hall–Kier alpha value is -2.07. The Balaban J connectivity index is 1.79. The standard InChI is InChI=1S/C15H16N2O2/c16-9-12-5-6-13(19-12)10-17-8-7-11-3-1-2-4-14(11)15(17)18/h1-6H,7-10,16H2. The molecule has 0 unspecified atom stereocenters. The van der Waals surface area contributed by atoms with Crippen molar-refractivity contribution in [3.8, 4) is 0 Å². The summed E-state index contributed by atoms with van der Waals surface area (Å²) in [5.74, 6) is 1.61. The molecule has 3 rings (SSSR count). The fourth-order valence-electron chi connectivity index (χ4n) is 2.43. The first-order valence-corrected chi connectivity index (χ1v) is 6.43. The predicted octanol–water partition coefficient (Wildman–Crippen LogP) is 1.94. The van der Waals surface area contributed by atoms with Crippen LogP contribution in [0.15, 0.2) is 40.8 Å². The van der Waals surface area contributed by atoms with Gasteiger partial charge in [-0.2, -0.15) is 0 Å². The number of furan rings is 1. The SMILES string of the molecule is NCc1ccc(CN2CCc3ccccc3C2=O)o1. The van der Waals surface area contributed by atoms with Gasteiger partial charge in [-0.1, -0.05) is 18.2 Å². The lowest BCUT2D eigenvalue weighted by molar-refractivity contribution is 0.0714. The third-order valence-electron chi connectivity index (χ3n) is 3.45. The van der Waals surface area contributed by atoms with E-state index in [-0.39, 0.29) is 5.91 Å². The molecule has 0 bridgehead atoms. The second kappa shape index (κ2) is 4.90. The molecule has 1 aliphatic rings. The zero-order valence-corrected chi connectivity index (χ0v) is 10.6. The minimum Gasteiger partial charge on any atom is -0.463 e. The third kappa shape index (κ3) is 2.27. The number of nitrogens with zero attached hydrogens (tertiary/aromatic N) is 1. The molecule has 4 heteroatoms. The Morgan fingerprint density at radius 3 is 2.74 bits per heavy atom. The van der Waals surface area contributed by atoms with Crippen LogP contribution in [0.3, 0.4) is 0 Å². The van der Waals surface area contributed by atoms with Crippen LogP contribution < -0.4 is 5.73 Å². The van der Waals surface area contributed by atoms with Gasteiger partial charge in [-0.25, -0.2) is 0 Å². The molecule has 2 aromatic rings. The maximum absolute atomic E-state index is 12.4. The van der Waals surface area contributed by atoms with Crippen LogP contribution in [0.25, 0.3) is 0 Å². The summed E-state index contributed by atoms with van der Waals surface area (Å²) in [6.07, 6.45) is 0.895. The number of carbonyl (C=O) groups excluding carboxylic acids is 1. The molecule has 0 fully saturated rings. The van der Waals surface area contributed by atoms with E-state index in [0.717, 1.165) is 35.6 Å². The first-order valence-electron chi connectivity index (χ1n) is 6.43. The number of hydrogen-bond donors (Lipinski definition) is 1. The van der Waals surface area contributed by atoms with Crippen molar-refractivity contribution < 1.29 is 9.21 Å². The van der Waals surface area contributed by atoms with Crippen molar-refractivity contribution in [2.24, 2.45) is 5.73 Å². The van der Waals surface area contributed by atoms with Crippen LogP contribution in [-0.4, -0.2) is 17.4 Å². The number of fused-ring (bicyclic) bond motifs is 1. The van der Waals surface area contributed by atoms with Crippen molar-refractivity contribution in [3.63, 3.8) is 0 Å². The van der Waals surface area contributed by atoms with Gasteiger partial charge in [-0.05, 0) is 30.2 Å². The van der Waals surface area contributed by atoms with Crippen LogP contribution in [0.2, 0.25) is 0 Å². The van der Waals surface area contributed by atoms with Crippen molar-refractivity contribution >= 4 is 5.91 Å². The molecular formula is C15H16N2O2. The van der Waals surface area contributed by atoms with Gasteiger partial charge in [0, 0.05) is 12.1 Å². The molecule has 2 heterocycles. The van der Waals surface area contributed by atoms with Crippen LogP contribution in [0.5, 0.6) is 0 Å². The second-order valence-corrected chi connectivity index (χ2v) is 4.71. The summed E-state index contributed by atoms with van der Waals surface area (Å²) in [4.78, 5) is 14.2. The monoisotopic (exact) mass is 256 g/mol. The lowest BCUT2D eigenvalue weighted by Gasteiger charge is -2.27. The number of benzene rings is 1. The largest absolute Gasteiger partial charge is 0.463 e. The average molecular weight is 256 g/mol. The van der Waals surface area contributed by atoms with E-state index in [1.165, 1.54) is 0 Å². The Morgan fingerprint density at radius 2 is 1.95 bits per heavy atom. The zero-order chi connectivity index (χ0) is 13.2. The smallest absolute Gasteiger partial charge is 0.254 e. The fraction of sp³-hybridized carbons (Fsp3) is 0.267. The minimum absolute atomic E-state index is 0.0764. The molecule has 1 aromatic carbocycles. The number of nitrogens with two attached hydrogens (primary N) is 1. The molecule has 0 spiro atoms. The normalized spacial score (nSPS) is 14.6. The maximum atomic E-state index is 12.4. The molecule has 98 valence electrons. The summed E-state index contributed by atoms with van der Waals surface area (Å²) in [5, 5.41) is 0. The lowest BCUT2D eigenvalue weighted by Crippen LogP contribution is -2.36. The summed E-state index contributed by atoms with van der Waals surface area (Å²) < 4.78 is 5.55. The molecule has 1 aromatic heterocycles. The first kappa shape index (κ1) is 12.0. The number of hydrogen-bond acceptors (Lipinski definition) is 3. The summed E-state index contributed by atoms with van der Waals surface area (Å²) >= 11 is 0. The summed E-state index contributed by atoms with van der Waals surface area (Å²) in [5.41, 5.74) is 7.45. The number of rotatable bonds is 3. The first-order chi connectivity index (χ1) is 9.28. The molecule has 0 saturated carbocycles. The minimum atomic E-state index is 0.0764. The highest BCUT2D eigenvalue weighted by molar-refractivity contribution is 5.96.